The molecule has 0 aliphatic carbocycles. The molecule has 4 nitrogen and oxygen atoms in total. The van der Waals surface area contributed by atoms with Crippen LogP contribution in [0.25, 0.3) is 21.7 Å². The lowest BCUT2D eigenvalue weighted by molar-refractivity contribution is 0.476. The molecule has 0 fully saturated rings. The second kappa shape index (κ2) is 3.96. The van der Waals surface area contributed by atoms with Gasteiger partial charge < -0.3 is 9.67 Å². The zero-order valence-electron chi connectivity index (χ0n) is 10.4. The highest BCUT2D eigenvalue weighted by atomic mass is 35.5. The Morgan fingerprint density at radius 3 is 2.74 bits per heavy atom. The number of halogens is 1. The first-order valence-electron chi connectivity index (χ1n) is 5.77. The third-order valence-corrected chi connectivity index (χ3v) is 3.66. The largest absolute Gasteiger partial charge is 0.506 e. The van der Waals surface area contributed by atoms with E-state index in [0.717, 1.165) is 22.0 Å². The van der Waals surface area contributed by atoms with Gasteiger partial charge in [0.05, 0.1) is 21.6 Å². The number of aromatic hydroxyl groups is 1. The molecule has 2 heterocycles. The molecule has 0 spiro atoms. The van der Waals surface area contributed by atoms with Crippen LogP contribution < -0.4 is 5.56 Å². The fourth-order valence-corrected chi connectivity index (χ4v) is 2.61. The summed E-state index contributed by atoms with van der Waals surface area (Å²) in [5.74, 6) is -0.0867. The summed E-state index contributed by atoms with van der Waals surface area (Å²) in [6, 6.07) is 4.88. The van der Waals surface area contributed by atoms with Gasteiger partial charge in [-0.05, 0) is 30.5 Å². The lowest BCUT2D eigenvalue weighted by Crippen LogP contribution is -2.18. The Balaban J connectivity index is 2.72. The number of rotatable bonds is 0. The number of aromatic nitrogens is 2. The smallest absolute Gasteiger partial charge is 0.258 e. The minimum atomic E-state index is -0.175. The fourth-order valence-electron chi connectivity index (χ4n) is 2.44. The van der Waals surface area contributed by atoms with Gasteiger partial charge in [-0.3, -0.25) is 9.78 Å². The molecule has 0 saturated carbocycles. The van der Waals surface area contributed by atoms with Gasteiger partial charge in [-0.15, -0.1) is 0 Å². The molecule has 0 aliphatic heterocycles. The van der Waals surface area contributed by atoms with Crippen LogP contribution in [0.1, 0.15) is 5.69 Å². The van der Waals surface area contributed by atoms with Crippen molar-refractivity contribution in [3.05, 3.63) is 45.5 Å². The molecule has 3 aromatic rings. The summed E-state index contributed by atoms with van der Waals surface area (Å²) >= 11 is 5.95. The lowest BCUT2D eigenvalue weighted by atomic mass is 10.1. The maximum atomic E-state index is 12.3. The van der Waals surface area contributed by atoms with Crippen molar-refractivity contribution < 1.29 is 5.11 Å². The third-order valence-electron chi connectivity index (χ3n) is 3.35. The van der Waals surface area contributed by atoms with Crippen molar-refractivity contribution >= 4 is 33.3 Å². The van der Waals surface area contributed by atoms with Crippen LogP contribution in [0, 0.1) is 6.92 Å². The van der Waals surface area contributed by atoms with E-state index in [9.17, 15) is 9.90 Å². The summed E-state index contributed by atoms with van der Waals surface area (Å²) in [6.07, 6.45) is 1.70. The molecule has 1 N–H and O–H groups in total. The monoisotopic (exact) mass is 274 g/mol. The van der Waals surface area contributed by atoms with E-state index in [1.165, 1.54) is 6.07 Å². The molecule has 2 aromatic heterocycles. The van der Waals surface area contributed by atoms with Gasteiger partial charge in [0.1, 0.15) is 5.75 Å². The van der Waals surface area contributed by atoms with Crippen LogP contribution in [0.5, 0.6) is 5.75 Å². The molecule has 5 heteroatoms. The van der Waals surface area contributed by atoms with E-state index < -0.39 is 0 Å². The van der Waals surface area contributed by atoms with Gasteiger partial charge in [0, 0.05) is 18.6 Å². The van der Waals surface area contributed by atoms with Gasteiger partial charge in [0.25, 0.3) is 5.56 Å². The molecular weight excluding hydrogens is 264 g/mol. The molecule has 0 saturated heterocycles. The van der Waals surface area contributed by atoms with E-state index in [-0.39, 0.29) is 16.3 Å². The molecule has 1 aromatic carbocycles. The Kier molecular flexibility index (Phi) is 2.50. The highest BCUT2D eigenvalue weighted by Crippen LogP contribution is 2.31. The number of hydrogen-bond donors (Lipinski definition) is 1. The predicted molar refractivity (Wildman–Crippen MR) is 75.9 cm³/mol. The zero-order chi connectivity index (χ0) is 13.7. The first-order valence-corrected chi connectivity index (χ1v) is 6.15. The number of nitrogens with zero attached hydrogens (tertiary/aromatic N) is 2. The van der Waals surface area contributed by atoms with Crippen LogP contribution in [-0.2, 0) is 7.05 Å². The van der Waals surface area contributed by atoms with E-state index in [0.29, 0.717) is 5.39 Å². The van der Waals surface area contributed by atoms with Crippen molar-refractivity contribution in [3.63, 3.8) is 0 Å². The highest BCUT2D eigenvalue weighted by molar-refractivity contribution is 6.33. The summed E-state index contributed by atoms with van der Waals surface area (Å²) in [7, 11) is 1.70. The number of fused-ring (bicyclic) bond motifs is 3. The fraction of sp³-hybridized carbons (Fsp3) is 0.143. The van der Waals surface area contributed by atoms with Gasteiger partial charge in [-0.2, -0.15) is 0 Å². The van der Waals surface area contributed by atoms with Crippen LogP contribution in [0.4, 0.5) is 0 Å². The van der Waals surface area contributed by atoms with E-state index in [2.05, 4.69) is 4.98 Å². The zero-order valence-corrected chi connectivity index (χ0v) is 11.2. The number of phenols is 1. The van der Waals surface area contributed by atoms with Crippen LogP contribution in [-0.4, -0.2) is 14.7 Å². The molecule has 19 heavy (non-hydrogen) atoms. The lowest BCUT2D eigenvalue weighted by Gasteiger charge is -2.11. The van der Waals surface area contributed by atoms with Crippen LogP contribution >= 0.6 is 11.6 Å². The summed E-state index contributed by atoms with van der Waals surface area (Å²) in [5.41, 5.74) is 1.38. The van der Waals surface area contributed by atoms with E-state index in [1.54, 1.807) is 23.9 Å². The Morgan fingerprint density at radius 1 is 1.26 bits per heavy atom. The molecule has 3 rings (SSSR count). The summed E-state index contributed by atoms with van der Waals surface area (Å²) in [4.78, 5) is 16.6. The molecule has 0 bridgehead atoms. The topological polar surface area (TPSA) is 55.1 Å². The van der Waals surface area contributed by atoms with Crippen molar-refractivity contribution in [3.8, 4) is 5.75 Å². The van der Waals surface area contributed by atoms with Crippen molar-refractivity contribution in [1.29, 1.82) is 0 Å². The standard InChI is InChI=1S/C14H11ClN2O2/c1-7-13-8(3-4-16-7)9-5-11(15)12(18)6-10(9)14(19)17(13)2/h3-6,18H,1-2H3. The van der Waals surface area contributed by atoms with Crippen LogP contribution in [0.15, 0.2) is 29.2 Å². The summed E-state index contributed by atoms with van der Waals surface area (Å²) in [6.45, 7) is 1.86. The number of hydrogen-bond acceptors (Lipinski definition) is 3. The van der Waals surface area contributed by atoms with Crippen molar-refractivity contribution in [2.24, 2.45) is 7.05 Å². The normalized spacial score (nSPS) is 11.3. The van der Waals surface area contributed by atoms with Gasteiger partial charge in [0.2, 0.25) is 0 Å². The van der Waals surface area contributed by atoms with Crippen molar-refractivity contribution in [1.82, 2.24) is 9.55 Å². The molecule has 96 valence electrons. The second-order valence-electron chi connectivity index (χ2n) is 4.51. The minimum absolute atomic E-state index is 0.0867. The SMILES string of the molecule is Cc1nccc2c3cc(Cl)c(O)cc3c(=O)n(C)c12. The average molecular weight is 275 g/mol. The minimum Gasteiger partial charge on any atom is -0.506 e. The van der Waals surface area contributed by atoms with Crippen LogP contribution in [0.2, 0.25) is 5.02 Å². The van der Waals surface area contributed by atoms with Gasteiger partial charge >= 0.3 is 0 Å². The van der Waals surface area contributed by atoms with Gasteiger partial charge in [0.15, 0.2) is 0 Å². The van der Waals surface area contributed by atoms with E-state index in [1.807, 2.05) is 13.0 Å². The maximum absolute atomic E-state index is 12.3. The Hall–Kier alpha value is -2.07. The molecule has 0 unspecified atom stereocenters. The highest BCUT2D eigenvalue weighted by Gasteiger charge is 2.13. The Bertz CT molecular complexity index is 884. The molecule has 0 aliphatic rings. The molecule has 0 amide bonds. The molecular formula is C14H11ClN2O2. The number of aryl methyl sites for hydroxylation is 2. The Morgan fingerprint density at radius 2 is 2.00 bits per heavy atom. The first-order chi connectivity index (χ1) is 9.00. The predicted octanol–water partition coefficient (Wildman–Crippen LogP) is 2.75. The summed E-state index contributed by atoms with van der Waals surface area (Å²) < 4.78 is 1.55. The van der Waals surface area contributed by atoms with Crippen molar-refractivity contribution in [2.75, 3.05) is 0 Å². The van der Waals surface area contributed by atoms with E-state index in [4.69, 9.17) is 11.6 Å². The summed E-state index contributed by atoms with van der Waals surface area (Å²) in [5, 5.41) is 12.0. The molecule has 0 atom stereocenters. The number of benzene rings is 1. The van der Waals surface area contributed by atoms with Gasteiger partial charge in [-0.1, -0.05) is 11.6 Å². The Labute approximate surface area is 113 Å². The number of phenolic OH excluding ortho intramolecular Hbond substituents is 1. The van der Waals surface area contributed by atoms with E-state index >= 15 is 0 Å². The van der Waals surface area contributed by atoms with Crippen LogP contribution in [0.3, 0.4) is 0 Å². The first kappa shape index (κ1) is 12.0. The van der Waals surface area contributed by atoms with Crippen molar-refractivity contribution in [2.45, 2.75) is 6.92 Å². The molecule has 0 radical (unpaired) electrons. The number of pyridine rings is 2. The third kappa shape index (κ3) is 1.60. The van der Waals surface area contributed by atoms with Gasteiger partial charge in [-0.25, -0.2) is 0 Å². The quantitative estimate of drug-likeness (QED) is 0.641. The second-order valence-corrected chi connectivity index (χ2v) is 4.91. The maximum Gasteiger partial charge on any atom is 0.258 e. The average Bonchev–Trinajstić information content (AvgIpc) is 2.38.